The monoisotopic (exact) mass is 488 g/mol. The van der Waals surface area contributed by atoms with Crippen LogP contribution in [-0.4, -0.2) is 26.4 Å². The molecule has 0 atom stereocenters. The SMILES string of the molecule is CCCn1c(SCC(=O)Nc2cc(Cl)cc(Cl)c2)nnc1-c1ccc(Br)o1. The molecule has 3 aromatic rings. The maximum atomic E-state index is 12.3. The lowest BCUT2D eigenvalue weighted by Crippen LogP contribution is -2.14. The van der Waals surface area contributed by atoms with Gasteiger partial charge in [0.1, 0.15) is 0 Å². The van der Waals surface area contributed by atoms with Gasteiger partial charge in [-0.25, -0.2) is 0 Å². The molecular weight excluding hydrogens is 475 g/mol. The van der Waals surface area contributed by atoms with Crippen molar-refractivity contribution < 1.29 is 9.21 Å². The van der Waals surface area contributed by atoms with Crippen LogP contribution in [0.3, 0.4) is 0 Å². The molecule has 2 heterocycles. The van der Waals surface area contributed by atoms with Crippen molar-refractivity contribution in [2.24, 2.45) is 0 Å². The summed E-state index contributed by atoms with van der Waals surface area (Å²) < 4.78 is 8.14. The van der Waals surface area contributed by atoms with Crippen LogP contribution in [0.1, 0.15) is 13.3 Å². The molecule has 0 bridgehead atoms. The largest absolute Gasteiger partial charge is 0.446 e. The highest BCUT2D eigenvalue weighted by molar-refractivity contribution is 9.10. The minimum atomic E-state index is -0.188. The highest BCUT2D eigenvalue weighted by Crippen LogP contribution is 2.28. The number of anilines is 1. The molecule has 6 nitrogen and oxygen atoms in total. The minimum Gasteiger partial charge on any atom is -0.446 e. The Morgan fingerprint density at radius 3 is 2.63 bits per heavy atom. The summed E-state index contributed by atoms with van der Waals surface area (Å²) >= 11 is 16.5. The zero-order valence-electron chi connectivity index (χ0n) is 14.2. The maximum Gasteiger partial charge on any atom is 0.234 e. The molecule has 0 spiro atoms. The van der Waals surface area contributed by atoms with E-state index in [4.69, 9.17) is 27.6 Å². The third-order valence-corrected chi connectivity index (χ3v) is 5.27. The molecule has 0 unspecified atom stereocenters. The zero-order chi connectivity index (χ0) is 19.4. The highest BCUT2D eigenvalue weighted by atomic mass is 79.9. The van der Waals surface area contributed by atoms with Crippen LogP contribution in [0.2, 0.25) is 10.0 Å². The first-order valence-corrected chi connectivity index (χ1v) is 10.6. The van der Waals surface area contributed by atoms with Gasteiger partial charge in [-0.2, -0.15) is 0 Å². The Balaban J connectivity index is 1.70. The second kappa shape index (κ2) is 9.14. The summed E-state index contributed by atoms with van der Waals surface area (Å²) in [5, 5.41) is 12.8. The van der Waals surface area contributed by atoms with Crippen molar-refractivity contribution in [1.82, 2.24) is 14.8 Å². The first-order chi connectivity index (χ1) is 13.0. The van der Waals surface area contributed by atoms with Crippen molar-refractivity contribution in [3.05, 3.63) is 45.0 Å². The fourth-order valence-corrected chi connectivity index (χ4v) is 3.99. The number of hydrogen-bond donors (Lipinski definition) is 1. The van der Waals surface area contributed by atoms with E-state index in [-0.39, 0.29) is 11.7 Å². The Morgan fingerprint density at radius 1 is 1.26 bits per heavy atom. The Labute approximate surface area is 178 Å². The number of halogens is 3. The summed E-state index contributed by atoms with van der Waals surface area (Å²) in [5.74, 6) is 1.24. The lowest BCUT2D eigenvalue weighted by atomic mass is 10.3. The van der Waals surface area contributed by atoms with Gasteiger partial charge in [0.05, 0.1) is 5.75 Å². The normalized spacial score (nSPS) is 11.0. The van der Waals surface area contributed by atoms with Gasteiger partial charge in [-0.1, -0.05) is 41.9 Å². The van der Waals surface area contributed by atoms with Crippen molar-refractivity contribution in [2.75, 3.05) is 11.1 Å². The van der Waals surface area contributed by atoms with Gasteiger partial charge in [0.2, 0.25) is 11.7 Å². The molecule has 0 aliphatic heterocycles. The number of rotatable bonds is 7. The second-order valence-corrected chi connectivity index (χ2v) is 8.15. The first kappa shape index (κ1) is 20.3. The topological polar surface area (TPSA) is 73.0 Å². The third kappa shape index (κ3) is 5.28. The first-order valence-electron chi connectivity index (χ1n) is 8.04. The molecule has 1 amide bonds. The average molecular weight is 490 g/mol. The number of amides is 1. The molecule has 0 fully saturated rings. The molecule has 142 valence electrons. The number of carbonyl (C=O) groups is 1. The van der Waals surface area contributed by atoms with E-state index < -0.39 is 0 Å². The Bertz CT molecular complexity index is 940. The lowest BCUT2D eigenvalue weighted by molar-refractivity contribution is -0.113. The maximum absolute atomic E-state index is 12.3. The van der Waals surface area contributed by atoms with E-state index in [0.717, 1.165) is 6.42 Å². The summed E-state index contributed by atoms with van der Waals surface area (Å²) in [4.78, 5) is 12.3. The van der Waals surface area contributed by atoms with E-state index in [1.165, 1.54) is 11.8 Å². The number of furan rings is 1. The van der Waals surface area contributed by atoms with Crippen molar-refractivity contribution in [2.45, 2.75) is 25.0 Å². The standard InChI is InChI=1S/C17H15BrCl2N4O2S/c1-2-5-24-16(13-3-4-14(18)26-13)22-23-17(24)27-9-15(25)21-12-7-10(19)6-11(20)8-12/h3-4,6-8H,2,5,9H2,1H3,(H,21,25). The molecule has 0 aliphatic carbocycles. The number of nitrogens with one attached hydrogen (secondary N) is 1. The van der Waals surface area contributed by atoms with Crippen LogP contribution in [0, 0.1) is 0 Å². The molecule has 0 saturated heterocycles. The molecule has 0 aliphatic rings. The van der Waals surface area contributed by atoms with E-state index in [1.54, 1.807) is 24.3 Å². The molecule has 0 radical (unpaired) electrons. The molecule has 0 saturated carbocycles. The van der Waals surface area contributed by atoms with Gasteiger partial charge in [-0.3, -0.25) is 9.36 Å². The minimum absolute atomic E-state index is 0.174. The second-order valence-electron chi connectivity index (χ2n) is 5.56. The number of nitrogens with zero attached hydrogens (tertiary/aromatic N) is 3. The summed E-state index contributed by atoms with van der Waals surface area (Å²) in [7, 11) is 0. The van der Waals surface area contributed by atoms with Crippen molar-refractivity contribution in [3.63, 3.8) is 0 Å². The van der Waals surface area contributed by atoms with Gasteiger partial charge >= 0.3 is 0 Å². The van der Waals surface area contributed by atoms with Gasteiger partial charge in [-0.05, 0) is 52.7 Å². The molecular formula is C17H15BrCl2N4O2S. The number of thioether (sulfide) groups is 1. The predicted octanol–water partition coefficient (Wildman–Crippen LogP) is 5.75. The van der Waals surface area contributed by atoms with Crippen LogP contribution in [0.25, 0.3) is 11.6 Å². The quantitative estimate of drug-likeness (QED) is 0.428. The summed E-state index contributed by atoms with van der Waals surface area (Å²) in [5.41, 5.74) is 0.550. The zero-order valence-corrected chi connectivity index (χ0v) is 18.1. The van der Waals surface area contributed by atoms with E-state index >= 15 is 0 Å². The number of aromatic nitrogens is 3. The van der Waals surface area contributed by atoms with Gasteiger partial charge in [-0.15, -0.1) is 10.2 Å². The smallest absolute Gasteiger partial charge is 0.234 e. The van der Waals surface area contributed by atoms with Crippen LogP contribution >= 0.6 is 50.9 Å². The fourth-order valence-electron chi connectivity index (χ4n) is 2.39. The molecule has 27 heavy (non-hydrogen) atoms. The Morgan fingerprint density at radius 2 is 2.00 bits per heavy atom. The molecule has 1 N–H and O–H groups in total. The van der Waals surface area contributed by atoms with Crippen LogP contribution in [-0.2, 0) is 11.3 Å². The van der Waals surface area contributed by atoms with E-state index in [0.29, 0.717) is 43.7 Å². The summed E-state index contributed by atoms with van der Waals surface area (Å²) in [6, 6.07) is 8.52. The van der Waals surface area contributed by atoms with Gasteiger partial charge in [0.15, 0.2) is 15.6 Å². The number of carbonyl (C=O) groups excluding carboxylic acids is 1. The molecule has 10 heteroatoms. The molecule has 1 aromatic carbocycles. The van der Waals surface area contributed by atoms with E-state index in [9.17, 15) is 4.79 Å². The third-order valence-electron chi connectivity index (χ3n) is 3.44. The van der Waals surface area contributed by atoms with Crippen LogP contribution in [0.4, 0.5) is 5.69 Å². The van der Waals surface area contributed by atoms with E-state index in [1.807, 2.05) is 10.6 Å². The highest BCUT2D eigenvalue weighted by Gasteiger charge is 2.17. The van der Waals surface area contributed by atoms with Gasteiger partial charge in [0.25, 0.3) is 0 Å². The Hall–Kier alpha value is -1.48. The average Bonchev–Trinajstić information content (AvgIpc) is 3.18. The van der Waals surface area contributed by atoms with Gasteiger partial charge < -0.3 is 9.73 Å². The van der Waals surface area contributed by atoms with Crippen LogP contribution in [0.5, 0.6) is 0 Å². The molecule has 3 rings (SSSR count). The lowest BCUT2D eigenvalue weighted by Gasteiger charge is -2.08. The fraction of sp³-hybridized carbons (Fsp3) is 0.235. The number of hydrogen-bond acceptors (Lipinski definition) is 5. The van der Waals surface area contributed by atoms with Gasteiger partial charge in [0, 0.05) is 22.3 Å². The van der Waals surface area contributed by atoms with Crippen LogP contribution < -0.4 is 5.32 Å². The Kier molecular flexibility index (Phi) is 6.86. The van der Waals surface area contributed by atoms with Crippen molar-refractivity contribution in [3.8, 4) is 11.6 Å². The van der Waals surface area contributed by atoms with Crippen molar-refractivity contribution in [1.29, 1.82) is 0 Å². The summed E-state index contributed by atoms with van der Waals surface area (Å²) in [6.07, 6.45) is 0.897. The molecule has 2 aromatic heterocycles. The van der Waals surface area contributed by atoms with Crippen molar-refractivity contribution >= 4 is 62.5 Å². The number of benzene rings is 1. The summed E-state index contributed by atoms with van der Waals surface area (Å²) in [6.45, 7) is 2.78. The van der Waals surface area contributed by atoms with E-state index in [2.05, 4.69) is 38.4 Å². The predicted molar refractivity (Wildman–Crippen MR) is 112 cm³/mol. The van der Waals surface area contributed by atoms with Crippen LogP contribution in [0.15, 0.2) is 44.6 Å².